The van der Waals surface area contributed by atoms with E-state index in [1.54, 1.807) is 24.2 Å². The number of aliphatic hydroxyl groups is 1. The highest BCUT2D eigenvalue weighted by Crippen LogP contribution is 2.24. The Morgan fingerprint density at radius 1 is 1.23 bits per heavy atom. The molecule has 2 heterocycles. The number of amides is 2. The molecule has 35 heavy (non-hydrogen) atoms. The molecule has 3 rings (SSSR count). The third-order valence-corrected chi connectivity index (χ3v) is 6.05. The minimum Gasteiger partial charge on any atom is -0.394 e. The fraction of sp³-hybridized carbons (Fsp3) is 0.440. The summed E-state index contributed by atoms with van der Waals surface area (Å²) in [5, 5.41) is 16.5. The average Bonchev–Trinajstić information content (AvgIpc) is 3.37. The minimum atomic E-state index is -0.636. The van der Waals surface area contributed by atoms with Crippen molar-refractivity contribution in [1.29, 1.82) is 0 Å². The van der Waals surface area contributed by atoms with E-state index in [-0.39, 0.29) is 24.3 Å². The average molecular weight is 480 g/mol. The summed E-state index contributed by atoms with van der Waals surface area (Å²) in [5.74, 6) is 4.71. The quantitative estimate of drug-likeness (QED) is 0.283. The molecule has 1 aliphatic heterocycles. The van der Waals surface area contributed by atoms with Gasteiger partial charge >= 0.3 is 0 Å². The summed E-state index contributed by atoms with van der Waals surface area (Å²) in [4.78, 5) is 40.5. The molecule has 0 aliphatic carbocycles. The zero-order valence-electron chi connectivity index (χ0n) is 20.3. The first kappa shape index (κ1) is 26.0. The van der Waals surface area contributed by atoms with Crippen molar-refractivity contribution in [3.05, 3.63) is 48.5 Å². The lowest BCUT2D eigenvalue weighted by Gasteiger charge is -2.29. The number of carbonyl (C=O) groups is 2. The van der Waals surface area contributed by atoms with Crippen LogP contribution in [0.15, 0.2) is 53.1 Å². The van der Waals surface area contributed by atoms with E-state index < -0.39 is 18.1 Å². The Kier molecular flexibility index (Phi) is 9.02. The molecule has 0 saturated carbocycles. The van der Waals surface area contributed by atoms with Crippen LogP contribution in [-0.4, -0.2) is 69.0 Å². The van der Waals surface area contributed by atoms with Crippen molar-refractivity contribution in [3.8, 4) is 11.1 Å². The molecule has 186 valence electrons. The molecule has 3 atom stereocenters. The van der Waals surface area contributed by atoms with Gasteiger partial charge in [-0.3, -0.25) is 14.6 Å². The summed E-state index contributed by atoms with van der Waals surface area (Å²) in [6, 6.07) is 5.65. The lowest BCUT2D eigenvalue weighted by molar-refractivity contribution is -0.140. The molecule has 1 fully saturated rings. The number of carbonyl (C=O) groups excluding carboxylic acids is 2. The molecule has 0 bridgehead atoms. The summed E-state index contributed by atoms with van der Waals surface area (Å²) in [7, 11) is 0. The zero-order chi connectivity index (χ0) is 25.4. The number of hydrazone groups is 1. The molecule has 1 aliphatic rings. The van der Waals surface area contributed by atoms with Gasteiger partial charge in [-0.1, -0.05) is 38.1 Å². The van der Waals surface area contributed by atoms with Crippen LogP contribution in [0.4, 0.5) is 0 Å². The van der Waals surface area contributed by atoms with E-state index >= 15 is 0 Å². The van der Waals surface area contributed by atoms with Crippen molar-refractivity contribution >= 4 is 23.7 Å². The van der Waals surface area contributed by atoms with Gasteiger partial charge in [0.05, 0.1) is 18.4 Å². The highest BCUT2D eigenvalue weighted by atomic mass is 16.3. The summed E-state index contributed by atoms with van der Waals surface area (Å²) < 4.78 is 0. The smallest absolute Gasteiger partial charge is 0.248 e. The van der Waals surface area contributed by atoms with E-state index in [0.29, 0.717) is 18.7 Å². The lowest BCUT2D eigenvalue weighted by Crippen LogP contribution is -2.50. The SMILES string of the molecule is CC(C=N[C@H](C(=O)N1CCC[C@H]1C(=O)N[C@@H](CO)c1ccc(-c2cncnc2)cc1)C(C)C)=NN. The molecule has 1 aromatic heterocycles. The molecule has 0 spiro atoms. The van der Waals surface area contributed by atoms with E-state index in [4.69, 9.17) is 5.84 Å². The number of nitrogens with one attached hydrogen (secondary N) is 1. The number of nitrogens with zero attached hydrogens (tertiary/aromatic N) is 5. The van der Waals surface area contributed by atoms with Crippen LogP contribution in [0.3, 0.4) is 0 Å². The first-order valence-electron chi connectivity index (χ1n) is 11.7. The van der Waals surface area contributed by atoms with Crippen LogP contribution in [0, 0.1) is 5.92 Å². The van der Waals surface area contributed by atoms with Crippen LogP contribution >= 0.6 is 0 Å². The van der Waals surface area contributed by atoms with Crippen LogP contribution < -0.4 is 11.2 Å². The van der Waals surface area contributed by atoms with Crippen LogP contribution in [0.5, 0.6) is 0 Å². The summed E-state index contributed by atoms with van der Waals surface area (Å²) >= 11 is 0. The van der Waals surface area contributed by atoms with Crippen LogP contribution in [-0.2, 0) is 9.59 Å². The van der Waals surface area contributed by atoms with Gasteiger partial charge in [0.2, 0.25) is 11.8 Å². The van der Waals surface area contributed by atoms with E-state index in [1.807, 2.05) is 38.1 Å². The molecule has 1 saturated heterocycles. The highest BCUT2D eigenvalue weighted by Gasteiger charge is 2.38. The molecule has 2 amide bonds. The Bertz CT molecular complexity index is 1050. The molecule has 1 aromatic carbocycles. The van der Waals surface area contributed by atoms with Crippen molar-refractivity contribution in [1.82, 2.24) is 20.2 Å². The fourth-order valence-electron chi connectivity index (χ4n) is 4.07. The van der Waals surface area contributed by atoms with Gasteiger partial charge in [-0.05, 0) is 36.8 Å². The van der Waals surface area contributed by atoms with Crippen molar-refractivity contribution in [3.63, 3.8) is 0 Å². The second kappa shape index (κ2) is 12.2. The standard InChI is InChI=1S/C25H33N7O3/c1-16(2)23(29-11-17(3)31-26)25(35)32-10-4-5-22(32)24(34)30-21(14-33)19-8-6-18(7-9-19)20-12-27-15-28-13-20/h6-9,11-13,15-16,21-23,33H,4-5,10,14,26H2,1-3H3,(H,30,34)/t21-,22-,23-/m0/s1. The Labute approximate surface area is 205 Å². The maximum absolute atomic E-state index is 13.3. The molecule has 10 heteroatoms. The number of nitrogens with two attached hydrogens (primary N) is 1. The molecular formula is C25H33N7O3. The first-order valence-corrected chi connectivity index (χ1v) is 11.7. The Hall–Kier alpha value is -3.66. The van der Waals surface area contributed by atoms with Gasteiger partial charge in [0, 0.05) is 30.7 Å². The molecule has 4 N–H and O–H groups in total. The minimum absolute atomic E-state index is 0.0626. The number of aliphatic imine (C=N–C) groups is 1. The molecular weight excluding hydrogens is 446 g/mol. The number of hydrogen-bond donors (Lipinski definition) is 3. The Morgan fingerprint density at radius 3 is 2.51 bits per heavy atom. The number of aliphatic hydroxyl groups excluding tert-OH is 1. The first-order chi connectivity index (χ1) is 16.8. The Balaban J connectivity index is 1.71. The number of hydrogen-bond acceptors (Lipinski definition) is 8. The van der Waals surface area contributed by atoms with E-state index in [0.717, 1.165) is 23.1 Å². The maximum Gasteiger partial charge on any atom is 0.248 e. The van der Waals surface area contributed by atoms with Crippen LogP contribution in [0.1, 0.15) is 45.2 Å². The zero-order valence-corrected chi connectivity index (χ0v) is 20.3. The monoisotopic (exact) mass is 479 g/mol. The lowest BCUT2D eigenvalue weighted by atomic mass is 10.0. The predicted octanol–water partition coefficient (Wildman–Crippen LogP) is 1.71. The van der Waals surface area contributed by atoms with Crippen LogP contribution in [0.2, 0.25) is 0 Å². The fourth-order valence-corrected chi connectivity index (χ4v) is 4.07. The van der Waals surface area contributed by atoms with Gasteiger partial charge in [-0.15, -0.1) is 0 Å². The second-order valence-corrected chi connectivity index (χ2v) is 8.92. The number of aromatic nitrogens is 2. The van der Waals surface area contributed by atoms with E-state index in [1.165, 1.54) is 12.5 Å². The van der Waals surface area contributed by atoms with Gasteiger partial charge in [-0.25, -0.2) is 9.97 Å². The summed E-state index contributed by atoms with van der Waals surface area (Å²) in [6.45, 7) is 5.74. The molecule has 0 radical (unpaired) electrons. The van der Waals surface area contributed by atoms with Crippen LogP contribution in [0.25, 0.3) is 11.1 Å². The largest absolute Gasteiger partial charge is 0.394 e. The van der Waals surface area contributed by atoms with E-state index in [2.05, 4.69) is 25.4 Å². The topological polar surface area (TPSA) is 146 Å². The Morgan fingerprint density at radius 2 is 1.91 bits per heavy atom. The third-order valence-electron chi connectivity index (χ3n) is 6.05. The van der Waals surface area contributed by atoms with Crippen molar-refractivity contribution < 1.29 is 14.7 Å². The number of rotatable bonds is 9. The maximum atomic E-state index is 13.3. The molecule has 0 unspecified atom stereocenters. The predicted molar refractivity (Wildman–Crippen MR) is 135 cm³/mol. The molecule has 2 aromatic rings. The summed E-state index contributed by atoms with van der Waals surface area (Å²) in [5.41, 5.74) is 3.08. The van der Waals surface area contributed by atoms with Gasteiger partial charge in [-0.2, -0.15) is 5.10 Å². The van der Waals surface area contributed by atoms with Crippen molar-refractivity contribution in [2.45, 2.75) is 51.7 Å². The van der Waals surface area contributed by atoms with Gasteiger partial charge in [0.1, 0.15) is 18.4 Å². The number of likely N-dealkylation sites (tertiary alicyclic amines) is 1. The number of benzene rings is 1. The van der Waals surface area contributed by atoms with Crippen molar-refractivity contribution in [2.75, 3.05) is 13.2 Å². The van der Waals surface area contributed by atoms with Gasteiger partial charge in [0.15, 0.2) is 0 Å². The van der Waals surface area contributed by atoms with Gasteiger partial charge in [0.25, 0.3) is 0 Å². The molecule has 10 nitrogen and oxygen atoms in total. The summed E-state index contributed by atoms with van der Waals surface area (Å²) in [6.07, 6.45) is 7.67. The normalized spacial score (nSPS) is 18.1. The second-order valence-electron chi connectivity index (χ2n) is 8.92. The third kappa shape index (κ3) is 6.48. The highest BCUT2D eigenvalue weighted by molar-refractivity contribution is 6.29. The van der Waals surface area contributed by atoms with Crippen molar-refractivity contribution in [2.24, 2.45) is 21.9 Å². The van der Waals surface area contributed by atoms with Gasteiger partial charge < -0.3 is 21.2 Å². The van der Waals surface area contributed by atoms with E-state index in [9.17, 15) is 14.7 Å².